The number of hydrogen-bond donors (Lipinski definition) is 1. The molecule has 0 fully saturated rings. The van der Waals surface area contributed by atoms with Crippen LogP contribution in [0.4, 0.5) is 4.39 Å². The van der Waals surface area contributed by atoms with E-state index < -0.39 is 11.9 Å². The zero-order valence-corrected chi connectivity index (χ0v) is 21.0. The van der Waals surface area contributed by atoms with Gasteiger partial charge in [0.15, 0.2) is 16.7 Å². The summed E-state index contributed by atoms with van der Waals surface area (Å²) in [6.45, 7) is 0. The monoisotopic (exact) mass is 529 g/mol. The second-order valence-corrected chi connectivity index (χ2v) is 8.93. The third-order valence-corrected chi connectivity index (χ3v) is 6.60. The fraction of sp³-hybridized carbons (Fsp3) is 0.0714. The zero-order valence-electron chi connectivity index (χ0n) is 20.2. The van der Waals surface area contributed by atoms with Gasteiger partial charge in [-0.15, -0.1) is 0 Å². The van der Waals surface area contributed by atoms with E-state index in [0.717, 1.165) is 0 Å². The molecule has 1 amide bonds. The molecule has 2 aliphatic rings. The molecule has 3 aromatic rings. The highest BCUT2D eigenvalue weighted by molar-refractivity contribution is 8.17. The van der Waals surface area contributed by atoms with E-state index in [1.165, 1.54) is 44.2 Å². The summed E-state index contributed by atoms with van der Waals surface area (Å²) in [4.78, 5) is 31.0. The predicted octanol–water partition coefficient (Wildman–Crippen LogP) is 5.37. The van der Waals surface area contributed by atoms with Gasteiger partial charge in [0.1, 0.15) is 17.4 Å². The lowest BCUT2D eigenvalue weighted by Crippen LogP contribution is -2.38. The highest BCUT2D eigenvalue weighted by atomic mass is 32.2. The molecule has 0 unspecified atom stereocenters. The third-order valence-electron chi connectivity index (χ3n) is 5.78. The fourth-order valence-corrected chi connectivity index (χ4v) is 4.74. The third kappa shape index (κ3) is 4.81. The number of rotatable bonds is 6. The number of nitrogens with one attached hydrogen (secondary N) is 1. The molecule has 2 heterocycles. The average molecular weight is 530 g/mol. The Morgan fingerprint density at radius 1 is 1.00 bits per heavy atom. The Labute approximate surface area is 221 Å². The van der Waals surface area contributed by atoms with Gasteiger partial charge >= 0.3 is 5.97 Å². The zero-order chi connectivity index (χ0) is 26.8. The SMILES string of the molecule is COc1ccc(C(=O)Oc2ccc(/C=C3/C(=N)N4C(c5ccc(F)cc5)=CSC4=NC3=O)cc2)cc1OC. The first-order valence-electron chi connectivity index (χ1n) is 11.3. The summed E-state index contributed by atoms with van der Waals surface area (Å²) >= 11 is 1.23. The molecule has 5 rings (SSSR count). The molecular formula is C28H20FN3O5S. The van der Waals surface area contributed by atoms with Crippen LogP contribution in [0.25, 0.3) is 11.8 Å². The van der Waals surface area contributed by atoms with Crippen molar-refractivity contribution in [2.45, 2.75) is 0 Å². The summed E-state index contributed by atoms with van der Waals surface area (Å²) in [7, 11) is 2.98. The number of halogens is 1. The number of aliphatic imine (C=N–C) groups is 1. The van der Waals surface area contributed by atoms with Gasteiger partial charge in [0.2, 0.25) is 0 Å². The minimum Gasteiger partial charge on any atom is -0.493 e. The lowest BCUT2D eigenvalue weighted by Gasteiger charge is -2.26. The predicted molar refractivity (Wildman–Crippen MR) is 143 cm³/mol. The van der Waals surface area contributed by atoms with Crippen molar-refractivity contribution in [3.63, 3.8) is 0 Å². The fourth-order valence-electron chi connectivity index (χ4n) is 3.85. The maximum Gasteiger partial charge on any atom is 0.343 e. The van der Waals surface area contributed by atoms with E-state index in [4.69, 9.17) is 19.6 Å². The number of carbonyl (C=O) groups excluding carboxylic acids is 2. The van der Waals surface area contributed by atoms with E-state index in [0.29, 0.717) is 39.2 Å². The summed E-state index contributed by atoms with van der Waals surface area (Å²) in [5.41, 5.74) is 2.33. The van der Waals surface area contributed by atoms with Crippen molar-refractivity contribution in [3.05, 3.63) is 100 Å². The highest BCUT2D eigenvalue weighted by Crippen LogP contribution is 2.37. The molecule has 1 N–H and O–H groups in total. The van der Waals surface area contributed by atoms with Crippen molar-refractivity contribution in [2.24, 2.45) is 4.99 Å². The first-order chi connectivity index (χ1) is 18.4. The van der Waals surface area contributed by atoms with Crippen LogP contribution in [-0.2, 0) is 4.79 Å². The van der Waals surface area contributed by atoms with Crippen molar-refractivity contribution in [2.75, 3.05) is 14.2 Å². The average Bonchev–Trinajstić information content (AvgIpc) is 3.35. The topological polar surface area (TPSA) is 101 Å². The Balaban J connectivity index is 1.33. The van der Waals surface area contributed by atoms with Crippen molar-refractivity contribution in [3.8, 4) is 17.2 Å². The van der Waals surface area contributed by atoms with E-state index in [1.54, 1.807) is 64.9 Å². The smallest absolute Gasteiger partial charge is 0.343 e. The number of esters is 1. The van der Waals surface area contributed by atoms with Crippen LogP contribution in [0.1, 0.15) is 21.5 Å². The number of fused-ring (bicyclic) bond motifs is 1. The van der Waals surface area contributed by atoms with Crippen molar-refractivity contribution >= 4 is 46.4 Å². The number of benzene rings is 3. The van der Waals surface area contributed by atoms with Gasteiger partial charge in [0.05, 0.1) is 31.1 Å². The standard InChI is InChI=1S/C28H20FN3O5S/c1-35-23-12-7-18(14-24(23)36-2)27(34)37-20-10-3-16(4-11-20)13-21-25(30)32-22(15-38-28(32)31-26(21)33)17-5-8-19(29)9-6-17/h3-15,30H,1-2H3/b21-13-,30-25?. The molecule has 10 heteroatoms. The molecule has 0 saturated carbocycles. The Bertz CT molecular complexity index is 1550. The van der Waals surface area contributed by atoms with Crippen LogP contribution >= 0.6 is 11.8 Å². The first-order valence-corrected chi connectivity index (χ1v) is 12.2. The van der Waals surface area contributed by atoms with Crippen LogP contribution < -0.4 is 14.2 Å². The van der Waals surface area contributed by atoms with Crippen molar-refractivity contribution in [1.29, 1.82) is 5.41 Å². The summed E-state index contributed by atoms with van der Waals surface area (Å²) < 4.78 is 29.3. The van der Waals surface area contributed by atoms with E-state index in [9.17, 15) is 14.0 Å². The summed E-state index contributed by atoms with van der Waals surface area (Å²) in [6.07, 6.45) is 1.55. The van der Waals surface area contributed by atoms with Crippen molar-refractivity contribution < 1.29 is 28.2 Å². The summed E-state index contributed by atoms with van der Waals surface area (Å²) in [5.74, 6) is -0.312. The number of methoxy groups -OCH3 is 2. The molecule has 0 aliphatic carbocycles. The van der Waals surface area contributed by atoms with Crippen molar-refractivity contribution in [1.82, 2.24) is 4.90 Å². The van der Waals surface area contributed by atoms with E-state index in [2.05, 4.69) is 4.99 Å². The molecule has 0 aromatic heterocycles. The van der Waals surface area contributed by atoms with Gasteiger partial charge in [0.25, 0.3) is 5.91 Å². The second-order valence-electron chi connectivity index (χ2n) is 8.10. The molecule has 3 aromatic carbocycles. The number of amides is 1. The van der Waals surface area contributed by atoms with E-state index >= 15 is 0 Å². The van der Waals surface area contributed by atoms with Gasteiger partial charge in [-0.1, -0.05) is 23.9 Å². The van der Waals surface area contributed by atoms with Gasteiger partial charge in [0, 0.05) is 5.41 Å². The van der Waals surface area contributed by atoms with Crippen LogP contribution in [0.2, 0.25) is 0 Å². The molecule has 190 valence electrons. The summed E-state index contributed by atoms with van der Waals surface area (Å²) in [6, 6.07) is 17.1. The number of hydrogen-bond acceptors (Lipinski definition) is 7. The Morgan fingerprint density at radius 2 is 1.71 bits per heavy atom. The van der Waals surface area contributed by atoms with Gasteiger partial charge < -0.3 is 14.2 Å². The highest BCUT2D eigenvalue weighted by Gasteiger charge is 2.36. The number of ether oxygens (including phenoxy) is 3. The van der Waals surface area contributed by atoms with Crippen LogP contribution in [0.3, 0.4) is 0 Å². The van der Waals surface area contributed by atoms with Crippen LogP contribution in [0, 0.1) is 11.2 Å². The molecule has 0 atom stereocenters. The van der Waals surface area contributed by atoms with Gasteiger partial charge in [-0.25, -0.2) is 9.18 Å². The van der Waals surface area contributed by atoms with Gasteiger partial charge in [-0.05, 0) is 71.8 Å². The Hall–Kier alpha value is -4.70. The minimum atomic E-state index is -0.574. The molecule has 2 aliphatic heterocycles. The molecule has 0 bridgehead atoms. The summed E-state index contributed by atoms with van der Waals surface area (Å²) in [5, 5.41) is 10.9. The second kappa shape index (κ2) is 10.3. The maximum atomic E-state index is 13.4. The minimum absolute atomic E-state index is 0.0375. The van der Waals surface area contributed by atoms with Crippen LogP contribution in [0.5, 0.6) is 17.2 Å². The Kier molecular flexibility index (Phi) is 6.80. The van der Waals surface area contributed by atoms with Gasteiger partial charge in [-0.2, -0.15) is 4.99 Å². The number of thioether (sulfide) groups is 1. The van der Waals surface area contributed by atoms with Crippen LogP contribution in [-0.4, -0.2) is 42.0 Å². The normalized spacial score (nSPS) is 15.7. The molecule has 8 nitrogen and oxygen atoms in total. The molecule has 0 saturated heterocycles. The molecule has 0 radical (unpaired) electrons. The first kappa shape index (κ1) is 25.0. The van der Waals surface area contributed by atoms with E-state index in [-0.39, 0.29) is 22.8 Å². The number of amidine groups is 2. The lowest BCUT2D eigenvalue weighted by molar-refractivity contribution is -0.114. The van der Waals surface area contributed by atoms with Crippen LogP contribution in [0.15, 0.2) is 82.7 Å². The molecular weight excluding hydrogens is 509 g/mol. The van der Waals surface area contributed by atoms with Gasteiger partial charge in [-0.3, -0.25) is 15.1 Å². The largest absolute Gasteiger partial charge is 0.493 e. The molecule has 38 heavy (non-hydrogen) atoms. The molecule has 0 spiro atoms. The maximum absolute atomic E-state index is 13.4. The number of nitrogens with zero attached hydrogens (tertiary/aromatic N) is 2. The lowest BCUT2D eigenvalue weighted by atomic mass is 10.1. The number of carbonyl (C=O) groups is 2. The Morgan fingerprint density at radius 3 is 2.39 bits per heavy atom. The van der Waals surface area contributed by atoms with E-state index in [1.807, 2.05) is 0 Å². The quantitative estimate of drug-likeness (QED) is 0.260.